The van der Waals surface area contributed by atoms with Crippen LogP contribution in [0.3, 0.4) is 0 Å². The molecule has 5 aromatic rings. The van der Waals surface area contributed by atoms with E-state index in [1.165, 1.54) is 113 Å². The quantitative estimate of drug-likeness (QED) is 0.0847. The van der Waals surface area contributed by atoms with Crippen molar-refractivity contribution in [2.45, 2.75) is 104 Å². The summed E-state index contributed by atoms with van der Waals surface area (Å²) >= 11 is 10.5. The van der Waals surface area contributed by atoms with Gasteiger partial charge in [0.2, 0.25) is 0 Å². The lowest BCUT2D eigenvalue weighted by atomic mass is 9.98. The highest BCUT2D eigenvalue weighted by Gasteiger charge is 2.25. The second kappa shape index (κ2) is 16.6. The topological polar surface area (TPSA) is 35.0 Å². The SMILES string of the molecule is CCCCCCCCOc1c(C)c(-c2ccc(Br)s2)c2nsnc2c1-c1ccc(-c2ccc(CCCCCCCC)s2)s1. The van der Waals surface area contributed by atoms with Gasteiger partial charge in [-0.05, 0) is 78.5 Å². The molecule has 1 aromatic carbocycles. The van der Waals surface area contributed by atoms with Crippen LogP contribution in [0.15, 0.2) is 40.2 Å². The molecule has 0 saturated heterocycles. The Labute approximate surface area is 282 Å². The third-order valence-electron chi connectivity index (χ3n) is 8.00. The Hall–Kier alpha value is -1.58. The summed E-state index contributed by atoms with van der Waals surface area (Å²) in [5.41, 5.74) is 5.34. The first-order chi connectivity index (χ1) is 21.1. The van der Waals surface area contributed by atoms with E-state index in [-0.39, 0.29) is 0 Å². The van der Waals surface area contributed by atoms with E-state index in [1.54, 1.807) is 11.3 Å². The number of benzene rings is 1. The molecule has 0 aliphatic carbocycles. The van der Waals surface area contributed by atoms with Crippen molar-refractivity contribution in [3.63, 3.8) is 0 Å². The van der Waals surface area contributed by atoms with Crippen molar-refractivity contribution in [2.24, 2.45) is 0 Å². The van der Waals surface area contributed by atoms with Gasteiger partial charge in [-0.25, -0.2) is 0 Å². The highest BCUT2D eigenvalue weighted by atomic mass is 79.9. The normalized spacial score (nSPS) is 11.6. The van der Waals surface area contributed by atoms with Crippen molar-refractivity contribution in [2.75, 3.05) is 6.61 Å². The maximum Gasteiger partial charge on any atom is 0.133 e. The molecule has 0 saturated carbocycles. The molecule has 0 spiro atoms. The summed E-state index contributed by atoms with van der Waals surface area (Å²) in [4.78, 5) is 6.57. The van der Waals surface area contributed by atoms with Gasteiger partial charge in [-0.15, -0.1) is 34.0 Å². The van der Waals surface area contributed by atoms with Crippen molar-refractivity contribution >= 4 is 72.7 Å². The van der Waals surface area contributed by atoms with E-state index in [4.69, 9.17) is 13.5 Å². The maximum absolute atomic E-state index is 6.71. The number of halogens is 1. The summed E-state index contributed by atoms with van der Waals surface area (Å²) < 4.78 is 17.5. The van der Waals surface area contributed by atoms with Gasteiger partial charge in [0, 0.05) is 35.5 Å². The molecule has 0 amide bonds. The van der Waals surface area contributed by atoms with Gasteiger partial charge in [-0.3, -0.25) is 0 Å². The standard InChI is InChI=1S/C35H43BrN2OS4/c1-4-6-8-10-12-14-16-25-17-18-26(40-25)27-19-20-29(41-27)32-34-33(37-43-38-34)31(28-21-22-30(36)42-28)24(3)35(32)39-23-15-13-11-9-7-5-2/h17-22H,4-16,23H2,1-3H3. The van der Waals surface area contributed by atoms with Crippen LogP contribution >= 0.6 is 61.7 Å². The molecule has 3 nitrogen and oxygen atoms in total. The molecule has 0 atom stereocenters. The number of thiophene rings is 3. The summed E-state index contributed by atoms with van der Waals surface area (Å²) in [6.45, 7) is 7.47. The number of hydrogen-bond acceptors (Lipinski definition) is 7. The third kappa shape index (κ3) is 8.37. The minimum absolute atomic E-state index is 0.724. The van der Waals surface area contributed by atoms with E-state index < -0.39 is 0 Å². The van der Waals surface area contributed by atoms with Crippen LogP contribution in [0.4, 0.5) is 0 Å². The minimum atomic E-state index is 0.724. The summed E-state index contributed by atoms with van der Waals surface area (Å²) in [5.74, 6) is 0.969. The molecule has 8 heteroatoms. The first-order valence-electron chi connectivity index (χ1n) is 16.0. The number of rotatable bonds is 18. The van der Waals surface area contributed by atoms with Gasteiger partial charge in [0.25, 0.3) is 0 Å². The van der Waals surface area contributed by atoms with Crippen LogP contribution in [-0.4, -0.2) is 15.4 Å². The lowest BCUT2D eigenvalue weighted by Gasteiger charge is -2.17. The number of nitrogens with zero attached hydrogens (tertiary/aromatic N) is 2. The first kappa shape index (κ1) is 32.8. The van der Waals surface area contributed by atoms with Gasteiger partial charge in [-0.2, -0.15) is 8.75 Å². The molecule has 43 heavy (non-hydrogen) atoms. The molecule has 230 valence electrons. The zero-order valence-corrected chi connectivity index (χ0v) is 30.5. The van der Waals surface area contributed by atoms with Crippen LogP contribution in [0.2, 0.25) is 0 Å². The van der Waals surface area contributed by atoms with Crippen molar-refractivity contribution in [1.29, 1.82) is 0 Å². The zero-order chi connectivity index (χ0) is 30.0. The first-order valence-corrected chi connectivity index (χ1v) is 19.9. The molecule has 0 bridgehead atoms. The van der Waals surface area contributed by atoms with E-state index in [0.717, 1.165) is 50.3 Å². The Morgan fingerprint density at radius 3 is 1.93 bits per heavy atom. The molecular weight excluding hydrogens is 673 g/mol. The smallest absolute Gasteiger partial charge is 0.133 e. The van der Waals surface area contributed by atoms with Crippen LogP contribution in [0.5, 0.6) is 5.75 Å². The average Bonchev–Trinajstić information content (AvgIpc) is 3.82. The fourth-order valence-electron chi connectivity index (χ4n) is 5.65. The predicted molar refractivity (Wildman–Crippen MR) is 196 cm³/mol. The maximum atomic E-state index is 6.71. The molecule has 0 fully saturated rings. The number of hydrogen-bond donors (Lipinski definition) is 0. The molecule has 0 aliphatic heterocycles. The third-order valence-corrected chi connectivity index (χ3v) is 12.6. The lowest BCUT2D eigenvalue weighted by Crippen LogP contribution is -2.02. The van der Waals surface area contributed by atoms with Crippen LogP contribution in [-0.2, 0) is 6.42 Å². The number of fused-ring (bicyclic) bond motifs is 1. The molecule has 5 rings (SSSR count). The van der Waals surface area contributed by atoms with Gasteiger partial charge < -0.3 is 4.74 Å². The summed E-state index contributed by atoms with van der Waals surface area (Å²) in [6, 6.07) is 13.5. The van der Waals surface area contributed by atoms with Gasteiger partial charge in [0.1, 0.15) is 16.8 Å². The lowest BCUT2D eigenvalue weighted by molar-refractivity contribution is 0.304. The van der Waals surface area contributed by atoms with Crippen LogP contribution < -0.4 is 4.74 Å². The molecule has 0 unspecified atom stereocenters. The highest BCUT2D eigenvalue weighted by Crippen LogP contribution is 2.49. The van der Waals surface area contributed by atoms with E-state index in [0.29, 0.717) is 0 Å². The Balaban J connectivity index is 1.41. The van der Waals surface area contributed by atoms with Crippen molar-refractivity contribution in [1.82, 2.24) is 8.75 Å². The van der Waals surface area contributed by atoms with Crippen LogP contribution in [0, 0.1) is 6.92 Å². The van der Waals surface area contributed by atoms with E-state index in [2.05, 4.69) is 73.1 Å². The van der Waals surface area contributed by atoms with E-state index >= 15 is 0 Å². The highest BCUT2D eigenvalue weighted by molar-refractivity contribution is 9.11. The van der Waals surface area contributed by atoms with Crippen molar-refractivity contribution in [3.05, 3.63) is 50.6 Å². The van der Waals surface area contributed by atoms with Gasteiger partial charge in [0.05, 0.1) is 27.7 Å². The van der Waals surface area contributed by atoms with Crippen molar-refractivity contribution < 1.29 is 4.74 Å². The average molecular weight is 716 g/mol. The largest absolute Gasteiger partial charge is 0.493 e. The number of aryl methyl sites for hydroxylation is 1. The Kier molecular flexibility index (Phi) is 12.7. The Bertz CT molecular complexity index is 1580. The summed E-state index contributed by atoms with van der Waals surface area (Å²) in [6.07, 6.45) is 16.7. The van der Waals surface area contributed by atoms with Gasteiger partial charge in [0.15, 0.2) is 0 Å². The zero-order valence-electron chi connectivity index (χ0n) is 25.7. The van der Waals surface area contributed by atoms with Gasteiger partial charge in [-0.1, -0.05) is 78.1 Å². The van der Waals surface area contributed by atoms with E-state index in [1.807, 2.05) is 22.7 Å². The molecule has 0 N–H and O–H groups in total. The molecule has 0 aliphatic rings. The van der Waals surface area contributed by atoms with Crippen molar-refractivity contribution in [3.8, 4) is 36.4 Å². The Morgan fingerprint density at radius 2 is 1.21 bits per heavy atom. The van der Waals surface area contributed by atoms with E-state index in [9.17, 15) is 0 Å². The van der Waals surface area contributed by atoms with Gasteiger partial charge >= 0.3 is 0 Å². The van der Waals surface area contributed by atoms with Crippen LogP contribution in [0.25, 0.3) is 41.7 Å². The number of ether oxygens (including phenoxy) is 1. The fraction of sp³-hybridized carbons (Fsp3) is 0.486. The molecule has 4 aromatic heterocycles. The molecular formula is C35H43BrN2OS4. The number of unbranched alkanes of at least 4 members (excludes halogenated alkanes) is 10. The summed E-state index contributed by atoms with van der Waals surface area (Å²) in [5, 5.41) is 0. The monoisotopic (exact) mass is 714 g/mol. The minimum Gasteiger partial charge on any atom is -0.493 e. The second-order valence-electron chi connectivity index (χ2n) is 11.3. The fourth-order valence-corrected chi connectivity index (χ4v) is 9.89. The second-order valence-corrected chi connectivity index (χ2v) is 16.6. The number of aromatic nitrogens is 2. The molecule has 0 radical (unpaired) electrons. The van der Waals surface area contributed by atoms with Crippen LogP contribution in [0.1, 0.15) is 101 Å². The Morgan fingerprint density at radius 1 is 0.628 bits per heavy atom. The summed E-state index contributed by atoms with van der Waals surface area (Å²) in [7, 11) is 0. The predicted octanol–water partition coefficient (Wildman–Crippen LogP) is 13.6. The molecule has 4 heterocycles.